The van der Waals surface area contributed by atoms with Gasteiger partial charge in [-0.25, -0.2) is 19.9 Å². The number of anilines is 2. The molecule has 7 rings (SSSR count). The van der Waals surface area contributed by atoms with Gasteiger partial charge in [0.2, 0.25) is 5.95 Å². The van der Waals surface area contributed by atoms with Crippen molar-refractivity contribution in [3.8, 4) is 0 Å². The summed E-state index contributed by atoms with van der Waals surface area (Å²) in [4.78, 5) is 60.5. The van der Waals surface area contributed by atoms with E-state index in [4.69, 9.17) is 39.0 Å². The number of aromatic nitrogens is 8. The van der Waals surface area contributed by atoms with Gasteiger partial charge < -0.3 is 53.9 Å². The molecule has 3 aliphatic heterocycles. The lowest BCUT2D eigenvalue weighted by atomic mass is 10.1. The van der Waals surface area contributed by atoms with Crippen LogP contribution in [-0.2, 0) is 36.7 Å². The maximum absolute atomic E-state index is 13.0. The van der Waals surface area contributed by atoms with E-state index in [0.717, 1.165) is 12.7 Å². The van der Waals surface area contributed by atoms with Gasteiger partial charge in [-0.2, -0.15) is 4.98 Å². The van der Waals surface area contributed by atoms with E-state index in [1.807, 2.05) is 0 Å². The largest absolute Gasteiger partial charge is 0.756 e. The molecule has 7 heterocycles. The summed E-state index contributed by atoms with van der Waals surface area (Å²) < 4.78 is 60.7. The first kappa shape index (κ1) is 29.3. The van der Waals surface area contributed by atoms with Crippen LogP contribution in [0.2, 0.25) is 0 Å². The van der Waals surface area contributed by atoms with Crippen molar-refractivity contribution in [3.05, 3.63) is 29.3 Å². The number of nitrogen functional groups attached to an aromatic ring is 2. The molecule has 0 amide bonds. The SMILES string of the molecule is Nc1nc2c(ncn2[C@@H]2O[C@@H]3COP(=O)([O-])O[C@H]4[C@@H](O)[C@H](n5cnc6c(N)ncnc65)O[C@@H]4COP(=O)([O-])O[C@@H]2C3)c(=O)[nH]1. The molecule has 3 fully saturated rings. The Bertz CT molecular complexity index is 1900. The molecule has 4 aromatic rings. The van der Waals surface area contributed by atoms with Crippen molar-refractivity contribution >= 4 is 49.7 Å². The van der Waals surface area contributed by atoms with Gasteiger partial charge in [0.05, 0.1) is 32.0 Å². The predicted octanol–water partition coefficient (Wildman–Crippen LogP) is -2.58. The molecule has 0 aliphatic carbocycles. The van der Waals surface area contributed by atoms with Gasteiger partial charge in [0.1, 0.15) is 36.3 Å². The zero-order chi connectivity index (χ0) is 31.0. The number of hydrogen-bond donors (Lipinski definition) is 4. The molecule has 4 aromatic heterocycles. The molecule has 0 spiro atoms. The van der Waals surface area contributed by atoms with E-state index in [1.54, 1.807) is 0 Å². The highest BCUT2D eigenvalue weighted by Gasteiger charge is 2.49. The minimum atomic E-state index is -5.19. The van der Waals surface area contributed by atoms with Crippen LogP contribution in [-0.4, -0.2) is 87.9 Å². The Labute approximate surface area is 244 Å². The first-order valence-electron chi connectivity index (χ1n) is 12.8. The van der Waals surface area contributed by atoms with Crippen LogP contribution >= 0.6 is 15.6 Å². The number of imidazole rings is 2. The van der Waals surface area contributed by atoms with Crippen LogP contribution in [0.1, 0.15) is 18.9 Å². The zero-order valence-electron chi connectivity index (χ0n) is 22.0. The van der Waals surface area contributed by atoms with Gasteiger partial charge in [-0.05, 0) is 0 Å². The predicted molar refractivity (Wildman–Crippen MR) is 138 cm³/mol. The number of nitrogens with one attached hydrogen (secondary N) is 1. The normalized spacial score (nSPS) is 36.6. The van der Waals surface area contributed by atoms with Crippen molar-refractivity contribution < 1.29 is 51.6 Å². The van der Waals surface area contributed by atoms with Crippen LogP contribution < -0.4 is 26.8 Å². The summed E-state index contributed by atoms with van der Waals surface area (Å²) in [6.45, 7) is -1.48. The first-order chi connectivity index (χ1) is 20.9. The van der Waals surface area contributed by atoms with E-state index in [9.17, 15) is 28.8 Å². The van der Waals surface area contributed by atoms with Crippen LogP contribution in [0.15, 0.2) is 23.8 Å². The average molecular weight is 656 g/mol. The van der Waals surface area contributed by atoms with Gasteiger partial charge in [0.15, 0.2) is 35.1 Å². The van der Waals surface area contributed by atoms with Gasteiger partial charge in [-0.1, -0.05) is 0 Å². The second kappa shape index (κ2) is 10.6. The molecule has 24 heteroatoms. The molecule has 2 bridgehead atoms. The second-order valence-electron chi connectivity index (χ2n) is 10.00. The highest BCUT2D eigenvalue weighted by molar-refractivity contribution is 7.46. The van der Waals surface area contributed by atoms with Crippen molar-refractivity contribution in [1.82, 2.24) is 39.0 Å². The summed E-state index contributed by atoms with van der Waals surface area (Å²) >= 11 is 0. The maximum atomic E-state index is 13.0. The summed E-state index contributed by atoms with van der Waals surface area (Å²) in [6, 6.07) is 0. The molecule has 3 saturated heterocycles. The molecule has 6 N–H and O–H groups in total. The van der Waals surface area contributed by atoms with Crippen molar-refractivity contribution in [1.29, 1.82) is 0 Å². The number of nitrogens with two attached hydrogens (primary N) is 2. The Morgan fingerprint density at radius 2 is 1.61 bits per heavy atom. The van der Waals surface area contributed by atoms with Gasteiger partial charge in [0, 0.05) is 6.42 Å². The van der Waals surface area contributed by atoms with Crippen LogP contribution in [0, 0.1) is 0 Å². The molecule has 3 aliphatic rings. The van der Waals surface area contributed by atoms with Crippen LogP contribution in [0.25, 0.3) is 22.3 Å². The van der Waals surface area contributed by atoms with Crippen LogP contribution in [0.5, 0.6) is 0 Å². The van der Waals surface area contributed by atoms with Gasteiger partial charge in [0.25, 0.3) is 21.2 Å². The van der Waals surface area contributed by atoms with Gasteiger partial charge in [-0.15, -0.1) is 0 Å². The summed E-state index contributed by atoms with van der Waals surface area (Å²) in [6.07, 6.45) is -6.60. The average Bonchev–Trinajstić information content (AvgIpc) is 3.72. The highest BCUT2D eigenvalue weighted by Crippen LogP contribution is 2.50. The molecule has 9 atom stereocenters. The van der Waals surface area contributed by atoms with E-state index in [0.29, 0.717) is 0 Å². The monoisotopic (exact) mass is 656 g/mol. The van der Waals surface area contributed by atoms with E-state index in [2.05, 4.69) is 29.9 Å². The number of H-pyrrole nitrogens is 1. The number of aliphatic hydroxyl groups excluding tert-OH is 1. The Balaban J connectivity index is 1.19. The number of hydrogen-bond acceptors (Lipinski definition) is 19. The fourth-order valence-electron chi connectivity index (χ4n) is 5.28. The van der Waals surface area contributed by atoms with Crippen molar-refractivity contribution in [3.63, 3.8) is 0 Å². The lowest BCUT2D eigenvalue weighted by Crippen LogP contribution is -2.37. The number of nitrogens with zero attached hydrogens (tertiary/aromatic N) is 7. The number of phosphoric acid groups is 2. The molecule has 0 saturated carbocycles. The van der Waals surface area contributed by atoms with Crippen molar-refractivity contribution in [2.75, 3.05) is 24.7 Å². The minimum absolute atomic E-state index is 0.0372. The molecule has 0 aromatic carbocycles. The zero-order valence-corrected chi connectivity index (χ0v) is 23.8. The topological polar surface area (TPSA) is 315 Å². The number of phosphoric ester groups is 2. The smallest absolute Gasteiger partial charge is 0.280 e. The lowest BCUT2D eigenvalue weighted by molar-refractivity contribution is -0.240. The van der Waals surface area contributed by atoms with Crippen molar-refractivity contribution in [2.45, 2.75) is 49.4 Å². The number of ether oxygens (including phenoxy) is 2. The molecule has 22 nitrogen and oxygen atoms in total. The second-order valence-corrected chi connectivity index (χ2v) is 12.7. The lowest BCUT2D eigenvalue weighted by Gasteiger charge is -2.32. The Hall–Kier alpha value is -3.40. The quantitative estimate of drug-likeness (QED) is 0.161. The summed E-state index contributed by atoms with van der Waals surface area (Å²) in [7, 11) is -10.4. The molecular weight excluding hydrogens is 634 g/mol. The van der Waals surface area contributed by atoms with E-state index in [1.165, 1.54) is 15.5 Å². The number of rotatable bonds is 2. The summed E-state index contributed by atoms with van der Waals surface area (Å²) in [5.74, 6) is -0.203. The Morgan fingerprint density at radius 1 is 0.909 bits per heavy atom. The highest BCUT2D eigenvalue weighted by atomic mass is 31.2. The Kier molecular flexibility index (Phi) is 7.06. The van der Waals surface area contributed by atoms with E-state index >= 15 is 0 Å². The van der Waals surface area contributed by atoms with Gasteiger partial charge in [-0.3, -0.25) is 28.0 Å². The number of aromatic amines is 1. The Morgan fingerprint density at radius 3 is 2.41 bits per heavy atom. The third-order valence-corrected chi connectivity index (χ3v) is 9.13. The van der Waals surface area contributed by atoms with E-state index in [-0.39, 0.29) is 40.5 Å². The fraction of sp³-hybridized carbons (Fsp3) is 0.500. The molecule has 0 radical (unpaired) electrons. The van der Waals surface area contributed by atoms with Gasteiger partial charge >= 0.3 is 0 Å². The third kappa shape index (κ3) is 5.18. The summed E-state index contributed by atoms with van der Waals surface area (Å²) in [5, 5.41) is 11.1. The van der Waals surface area contributed by atoms with E-state index < -0.39 is 77.4 Å². The fourth-order valence-corrected chi connectivity index (χ4v) is 7.16. The first-order valence-corrected chi connectivity index (χ1v) is 15.7. The number of fused-ring (bicyclic) bond motifs is 5. The summed E-state index contributed by atoms with van der Waals surface area (Å²) in [5.41, 5.74) is 11.0. The maximum Gasteiger partial charge on any atom is 0.280 e. The standard InChI is InChI=1S/C20H24N10O12P2/c21-14-10-15(24-4-23-14)29(5-25-10)19-12(31)13-9(40-19)3-38-43(33,34)41-8-1-7(2-37-44(35,36)42-13)39-18(8)30-6-26-11-16(30)27-20(22)28-17(11)32/h4-9,12-13,18-19,31H,1-3H2,(H,33,34)(H,35,36)(H2,21,23,24)(H3,22,27,28,32)/p-2/t7-,8+,9+,12+,13+,18+,19+/m0/s1. The minimum Gasteiger partial charge on any atom is -0.756 e. The molecule has 2 unspecified atom stereocenters. The molecular formula is C20H22N10O12P2-2. The number of aliphatic hydroxyl groups is 1. The van der Waals surface area contributed by atoms with Crippen molar-refractivity contribution in [2.24, 2.45) is 0 Å². The molecule has 44 heavy (non-hydrogen) atoms. The van der Waals surface area contributed by atoms with Crippen LogP contribution in [0.3, 0.4) is 0 Å². The third-order valence-electron chi connectivity index (χ3n) is 7.17. The molecule has 236 valence electrons. The van der Waals surface area contributed by atoms with Crippen LogP contribution in [0.4, 0.5) is 11.8 Å².